The molecule has 0 spiro atoms. The van der Waals surface area contributed by atoms with Gasteiger partial charge in [-0.05, 0) is 33.6 Å². The molecule has 0 aromatic carbocycles. The zero-order chi connectivity index (χ0) is 13.5. The normalized spacial score (nSPS) is 18.1. The minimum atomic E-state index is -0.0138. The quantitative estimate of drug-likeness (QED) is 0.895. The molecule has 1 atom stereocenters. The van der Waals surface area contributed by atoms with Crippen LogP contribution in [0.3, 0.4) is 0 Å². The third kappa shape index (κ3) is 2.39. The van der Waals surface area contributed by atoms with E-state index in [4.69, 9.17) is 15.5 Å². The van der Waals surface area contributed by atoms with E-state index in [0.29, 0.717) is 12.5 Å². The number of hydrogen-bond acceptors (Lipinski definition) is 3. The van der Waals surface area contributed by atoms with E-state index in [1.54, 1.807) is 7.11 Å². The molecule has 0 saturated heterocycles. The number of nitrogens with zero attached hydrogens (tertiary/aromatic N) is 2. The predicted octanol–water partition coefficient (Wildman–Crippen LogP) is 2.85. The van der Waals surface area contributed by atoms with Gasteiger partial charge in [0.25, 0.3) is 0 Å². The molecule has 0 aliphatic heterocycles. The molecule has 0 amide bonds. The van der Waals surface area contributed by atoms with Gasteiger partial charge in [0, 0.05) is 24.5 Å². The van der Waals surface area contributed by atoms with Gasteiger partial charge in [0.15, 0.2) is 0 Å². The van der Waals surface area contributed by atoms with Gasteiger partial charge in [-0.15, -0.1) is 0 Å². The molecule has 4 heteroatoms. The fourth-order valence-corrected chi connectivity index (χ4v) is 2.48. The van der Waals surface area contributed by atoms with Crippen LogP contribution >= 0.6 is 0 Å². The maximum atomic E-state index is 6.33. The second-order valence-corrected chi connectivity index (χ2v) is 6.38. The summed E-state index contributed by atoms with van der Waals surface area (Å²) in [4.78, 5) is 4.81. The van der Waals surface area contributed by atoms with Gasteiger partial charge in [0.05, 0.1) is 12.3 Å². The predicted molar refractivity (Wildman–Crippen MR) is 73.9 cm³/mol. The summed E-state index contributed by atoms with van der Waals surface area (Å²) in [5, 5.41) is 0. The van der Waals surface area contributed by atoms with E-state index >= 15 is 0 Å². The van der Waals surface area contributed by atoms with Crippen LogP contribution in [0.25, 0.3) is 0 Å². The van der Waals surface area contributed by atoms with E-state index in [-0.39, 0.29) is 11.5 Å². The first-order valence-corrected chi connectivity index (χ1v) is 6.73. The summed E-state index contributed by atoms with van der Waals surface area (Å²) in [6, 6.07) is 0. The van der Waals surface area contributed by atoms with Crippen LogP contribution in [0.5, 0.6) is 0 Å². The van der Waals surface area contributed by atoms with Gasteiger partial charge in [-0.3, -0.25) is 0 Å². The summed E-state index contributed by atoms with van der Waals surface area (Å²) < 4.78 is 7.43. The number of anilines is 1. The number of nitrogen functional groups attached to an aromatic ring is 1. The number of hydrogen-bond donors (Lipinski definition) is 1. The van der Waals surface area contributed by atoms with Gasteiger partial charge in [0.1, 0.15) is 11.6 Å². The number of imidazole rings is 1. The van der Waals surface area contributed by atoms with Crippen LogP contribution in [-0.2, 0) is 10.3 Å². The lowest BCUT2D eigenvalue weighted by Gasteiger charge is -2.25. The molecular formula is C14H25N3O. The molecule has 1 aromatic heterocycles. The second kappa shape index (κ2) is 4.57. The summed E-state index contributed by atoms with van der Waals surface area (Å²) in [7, 11) is 1.72. The minimum absolute atomic E-state index is 0.0138. The van der Waals surface area contributed by atoms with E-state index in [2.05, 4.69) is 32.3 Å². The van der Waals surface area contributed by atoms with Crippen molar-refractivity contribution in [1.29, 1.82) is 0 Å². The highest BCUT2D eigenvalue weighted by atomic mass is 16.5. The average molecular weight is 251 g/mol. The maximum absolute atomic E-state index is 6.33. The lowest BCUT2D eigenvalue weighted by molar-refractivity contribution is 0.183. The molecule has 1 aliphatic rings. The fraction of sp³-hybridized carbons (Fsp3) is 0.786. The summed E-state index contributed by atoms with van der Waals surface area (Å²) in [5.41, 5.74) is 7.31. The van der Waals surface area contributed by atoms with Gasteiger partial charge >= 0.3 is 0 Å². The molecule has 2 rings (SSSR count). The van der Waals surface area contributed by atoms with Crippen molar-refractivity contribution in [2.75, 3.05) is 19.5 Å². The number of aromatic nitrogens is 2. The van der Waals surface area contributed by atoms with E-state index in [1.807, 2.05) is 0 Å². The van der Waals surface area contributed by atoms with Crippen molar-refractivity contribution >= 4 is 5.82 Å². The van der Waals surface area contributed by atoms with Crippen LogP contribution in [0.15, 0.2) is 0 Å². The Hall–Kier alpha value is -1.03. The molecule has 1 aromatic rings. The Balaban J connectivity index is 2.44. The molecule has 2 N–H and O–H groups in total. The Morgan fingerprint density at radius 3 is 2.50 bits per heavy atom. The Morgan fingerprint density at radius 1 is 1.44 bits per heavy atom. The van der Waals surface area contributed by atoms with Gasteiger partial charge in [0.2, 0.25) is 0 Å². The lowest BCUT2D eigenvalue weighted by atomic mass is 10.1. The minimum Gasteiger partial charge on any atom is -0.384 e. The average Bonchev–Trinajstić information content (AvgIpc) is 3.01. The molecule has 1 heterocycles. The zero-order valence-electron chi connectivity index (χ0n) is 12.2. The fourth-order valence-electron chi connectivity index (χ4n) is 2.48. The topological polar surface area (TPSA) is 53.1 Å². The third-order valence-electron chi connectivity index (χ3n) is 3.46. The number of ether oxygens (including phenoxy) is 1. The van der Waals surface area contributed by atoms with Gasteiger partial charge < -0.3 is 15.0 Å². The molecule has 1 aliphatic carbocycles. The first kappa shape index (κ1) is 13.4. The Labute approximate surface area is 110 Å². The smallest absolute Gasteiger partial charge is 0.127 e. The molecule has 0 bridgehead atoms. The van der Waals surface area contributed by atoms with Crippen molar-refractivity contribution in [3.8, 4) is 0 Å². The molecule has 1 unspecified atom stereocenters. The molecule has 1 saturated carbocycles. The van der Waals surface area contributed by atoms with Gasteiger partial charge in [-0.1, -0.05) is 6.92 Å². The van der Waals surface area contributed by atoms with E-state index in [0.717, 1.165) is 17.3 Å². The molecule has 102 valence electrons. The monoisotopic (exact) mass is 251 g/mol. The van der Waals surface area contributed by atoms with Crippen LogP contribution in [-0.4, -0.2) is 23.3 Å². The molecule has 0 radical (unpaired) electrons. The summed E-state index contributed by atoms with van der Waals surface area (Å²) in [6.45, 7) is 9.33. The van der Waals surface area contributed by atoms with Crippen molar-refractivity contribution < 1.29 is 4.74 Å². The van der Waals surface area contributed by atoms with Crippen molar-refractivity contribution in [2.24, 2.45) is 0 Å². The standard InChI is InChI=1S/C14H25N3O/c1-9(8-18-5)11-12(15)17(14(2,3)4)13(16-11)10-6-7-10/h9-10H,6-8,15H2,1-5H3. The van der Waals surface area contributed by atoms with E-state index in [9.17, 15) is 0 Å². The van der Waals surface area contributed by atoms with Crippen molar-refractivity contribution in [1.82, 2.24) is 9.55 Å². The highest BCUT2D eigenvalue weighted by Crippen LogP contribution is 2.43. The largest absolute Gasteiger partial charge is 0.384 e. The Bertz CT molecular complexity index is 427. The van der Waals surface area contributed by atoms with E-state index < -0.39 is 0 Å². The van der Waals surface area contributed by atoms with E-state index in [1.165, 1.54) is 12.8 Å². The number of rotatable bonds is 4. The van der Waals surface area contributed by atoms with Crippen LogP contribution in [0.4, 0.5) is 5.82 Å². The van der Waals surface area contributed by atoms with Crippen LogP contribution in [0, 0.1) is 0 Å². The van der Waals surface area contributed by atoms with Gasteiger partial charge in [-0.2, -0.15) is 0 Å². The van der Waals surface area contributed by atoms with Crippen molar-refractivity contribution in [2.45, 2.75) is 57.9 Å². The number of methoxy groups -OCH3 is 1. The SMILES string of the molecule is COCC(C)c1nc(C2CC2)n(C(C)(C)C)c1N. The molecule has 1 fully saturated rings. The summed E-state index contributed by atoms with van der Waals surface area (Å²) in [5.74, 6) is 2.83. The molecule has 4 nitrogen and oxygen atoms in total. The lowest BCUT2D eigenvalue weighted by Crippen LogP contribution is -2.25. The van der Waals surface area contributed by atoms with Crippen LogP contribution in [0.2, 0.25) is 0 Å². The Kier molecular flexibility index (Phi) is 3.41. The Morgan fingerprint density at radius 2 is 2.06 bits per heavy atom. The van der Waals surface area contributed by atoms with Crippen molar-refractivity contribution in [3.63, 3.8) is 0 Å². The number of nitrogens with two attached hydrogens (primary N) is 1. The maximum Gasteiger partial charge on any atom is 0.127 e. The highest BCUT2D eigenvalue weighted by Gasteiger charge is 2.34. The summed E-state index contributed by atoms with van der Waals surface area (Å²) >= 11 is 0. The van der Waals surface area contributed by atoms with Crippen LogP contribution < -0.4 is 5.73 Å². The first-order valence-electron chi connectivity index (χ1n) is 6.73. The molecular weight excluding hydrogens is 226 g/mol. The summed E-state index contributed by atoms with van der Waals surface area (Å²) in [6.07, 6.45) is 2.48. The molecule has 18 heavy (non-hydrogen) atoms. The van der Waals surface area contributed by atoms with Gasteiger partial charge in [-0.25, -0.2) is 4.98 Å². The first-order chi connectivity index (χ1) is 8.36. The second-order valence-electron chi connectivity index (χ2n) is 6.38. The third-order valence-corrected chi connectivity index (χ3v) is 3.46. The van der Waals surface area contributed by atoms with Crippen molar-refractivity contribution in [3.05, 3.63) is 11.5 Å². The highest BCUT2D eigenvalue weighted by molar-refractivity contribution is 5.43. The zero-order valence-corrected chi connectivity index (χ0v) is 12.2. The van der Waals surface area contributed by atoms with Crippen LogP contribution in [0.1, 0.15) is 63.9 Å².